The first kappa shape index (κ1) is 35.0. The normalized spacial score (nSPS) is 10.4. The van der Waals surface area contributed by atoms with Gasteiger partial charge in [0, 0.05) is 0 Å². The van der Waals surface area contributed by atoms with Crippen LogP contribution in [-0.4, -0.2) is 6.88 Å². The van der Waals surface area contributed by atoms with Crippen molar-refractivity contribution in [2.45, 2.75) is 20.8 Å². The summed E-state index contributed by atoms with van der Waals surface area (Å²) in [6.45, 7) is 9.55. The molecule has 0 fully saturated rings. The Kier molecular flexibility index (Phi) is 11.8. The molecule has 9 aromatic rings. The van der Waals surface area contributed by atoms with Gasteiger partial charge >= 0.3 is 30.2 Å². The standard InChI is InChI=1S/C24H17.C15H13.C6H5.CH3.Si.Zr/c1-16-13-14-17-8-6-12-22(24(16)17)23-15-18-7-2-3-9-19(18)20-10-4-5-11-21(20)23;1-10-3-5-14-12(7-10)9-13-8-11(2)4-6-15(13)14;1-2-4-6-5-3-1;;;/h2-15H,1H3;3-9H,1-2H3;1-5H;1H3;;/q4*-1;;. The summed E-state index contributed by atoms with van der Waals surface area (Å²) in [7, 11) is 0. The average Bonchev–Trinajstić information content (AvgIpc) is 3.69. The molecule has 0 saturated heterocycles. The fourth-order valence-corrected chi connectivity index (χ4v) is 6.55. The second kappa shape index (κ2) is 16.2. The zero-order valence-corrected chi connectivity index (χ0v) is 31.5. The van der Waals surface area contributed by atoms with Gasteiger partial charge in [-0.2, -0.15) is 48.0 Å². The van der Waals surface area contributed by atoms with Crippen LogP contribution in [0.25, 0.3) is 65.0 Å². The van der Waals surface area contributed by atoms with Gasteiger partial charge in [-0.15, -0.1) is 68.7 Å². The van der Waals surface area contributed by atoms with Gasteiger partial charge in [-0.05, 0) is 47.0 Å². The molecule has 0 aliphatic heterocycles. The second-order valence-electron chi connectivity index (χ2n) is 11.9. The van der Waals surface area contributed by atoms with Crippen molar-refractivity contribution in [1.29, 1.82) is 0 Å². The van der Waals surface area contributed by atoms with Gasteiger partial charge < -0.3 is 7.43 Å². The third kappa shape index (κ3) is 7.36. The van der Waals surface area contributed by atoms with Crippen molar-refractivity contribution in [1.82, 2.24) is 0 Å². The van der Waals surface area contributed by atoms with E-state index < -0.39 is 0 Å². The molecule has 234 valence electrons. The van der Waals surface area contributed by atoms with Gasteiger partial charge in [0.25, 0.3) is 0 Å². The van der Waals surface area contributed by atoms with Gasteiger partial charge in [-0.1, -0.05) is 102 Å². The monoisotopic (exact) mass is 708 g/mol. The Bertz CT molecular complexity index is 2340. The Balaban J connectivity index is 0.000000160. The quantitative estimate of drug-likeness (QED) is 0.0904. The summed E-state index contributed by atoms with van der Waals surface area (Å²) in [6.07, 6.45) is 0. The molecule has 0 unspecified atom stereocenters. The topological polar surface area (TPSA) is 0 Å². The molecule has 9 aromatic carbocycles. The first-order valence-electron chi connectivity index (χ1n) is 15.9. The Hall–Kier alpha value is -4.36. The number of aryl methyl sites for hydroxylation is 3. The molecule has 0 atom stereocenters. The number of hydrogen-bond acceptors (Lipinski definition) is 0. The molecule has 0 heterocycles. The molecule has 0 N–H and O–H groups in total. The van der Waals surface area contributed by atoms with Crippen LogP contribution in [0.15, 0.2) is 158 Å². The number of hydrogen-bond donors (Lipinski definition) is 0. The van der Waals surface area contributed by atoms with Gasteiger partial charge in [0.2, 0.25) is 0 Å². The van der Waals surface area contributed by atoms with E-state index in [1.54, 1.807) is 0 Å². The molecule has 2 radical (unpaired) electrons. The predicted molar refractivity (Wildman–Crippen MR) is 209 cm³/mol. The molecule has 0 amide bonds. The minimum Gasteiger partial charge on any atom is -0.184 e. The van der Waals surface area contributed by atoms with Gasteiger partial charge in [0.15, 0.2) is 0 Å². The Morgan fingerprint density at radius 1 is 0.521 bits per heavy atom. The maximum absolute atomic E-state index is 3.06. The first-order valence-corrected chi connectivity index (χ1v) is 20.0. The van der Waals surface area contributed by atoms with Crippen LogP contribution in [0.5, 0.6) is 0 Å². The SMILES string of the molecule is Cc1c[cH-]c2cccc(-c3cc4ccccc4c4ccccc34)c12.Cc1ccc2c(c1)[cH-]c1cc(C)ccc12.[CH3-].[Si]=[Zr].[c-]1ccccc1. The van der Waals surface area contributed by atoms with E-state index >= 15 is 0 Å². The van der Waals surface area contributed by atoms with E-state index in [1.165, 1.54) is 105 Å². The van der Waals surface area contributed by atoms with Crippen LogP contribution in [0.3, 0.4) is 0 Å². The predicted octanol–water partition coefficient (Wildman–Crippen LogP) is 12.7. The van der Waals surface area contributed by atoms with Gasteiger partial charge in [-0.3, -0.25) is 0 Å². The fraction of sp³-hybridized carbons (Fsp3) is 0.0652. The zero-order chi connectivity index (χ0) is 32.8. The van der Waals surface area contributed by atoms with E-state index in [1.807, 2.05) is 30.3 Å². The minimum absolute atomic E-state index is 0. The van der Waals surface area contributed by atoms with Crippen LogP contribution in [0, 0.1) is 34.3 Å². The molecule has 0 aromatic heterocycles. The fourth-order valence-electron chi connectivity index (χ4n) is 6.55. The third-order valence-electron chi connectivity index (χ3n) is 8.68. The number of benzene rings is 7. The number of rotatable bonds is 1. The maximum atomic E-state index is 3.06. The molecule has 0 spiro atoms. The third-order valence-corrected chi connectivity index (χ3v) is 8.68. The second-order valence-corrected chi connectivity index (χ2v) is 11.9. The Morgan fingerprint density at radius 3 is 1.73 bits per heavy atom. The molecule has 2 heteroatoms. The Morgan fingerprint density at radius 2 is 1.12 bits per heavy atom. The van der Waals surface area contributed by atoms with E-state index in [4.69, 9.17) is 0 Å². The van der Waals surface area contributed by atoms with Crippen molar-refractivity contribution in [3.8, 4) is 11.1 Å². The Labute approximate surface area is 302 Å². The van der Waals surface area contributed by atoms with Crippen molar-refractivity contribution in [2.24, 2.45) is 0 Å². The van der Waals surface area contributed by atoms with E-state index in [0.29, 0.717) is 0 Å². The molecule has 9 rings (SSSR count). The minimum atomic E-state index is 0. The smallest absolute Gasteiger partial charge is 0.171 e. The van der Waals surface area contributed by atoms with Crippen LogP contribution < -0.4 is 0 Å². The summed E-state index contributed by atoms with van der Waals surface area (Å²) in [4.78, 5) is 0. The molecular formula is C46H38SiZr-4. The van der Waals surface area contributed by atoms with E-state index in [2.05, 4.69) is 161 Å². The van der Waals surface area contributed by atoms with Gasteiger partial charge in [0.05, 0.1) is 0 Å². The molecule has 0 bridgehead atoms. The van der Waals surface area contributed by atoms with E-state index in [0.717, 1.165) is 0 Å². The summed E-state index contributed by atoms with van der Waals surface area (Å²) in [5.41, 5.74) is 6.66. The van der Waals surface area contributed by atoms with E-state index in [-0.39, 0.29) is 7.43 Å². The van der Waals surface area contributed by atoms with Gasteiger partial charge in [-0.25, -0.2) is 0 Å². The summed E-state index contributed by atoms with van der Waals surface area (Å²) < 4.78 is 0. The van der Waals surface area contributed by atoms with Crippen LogP contribution in [-0.2, 0) is 23.3 Å². The van der Waals surface area contributed by atoms with Crippen LogP contribution in [0.1, 0.15) is 16.7 Å². The summed E-state index contributed by atoms with van der Waals surface area (Å²) in [5.74, 6) is 0. The molecule has 0 saturated carbocycles. The van der Waals surface area contributed by atoms with Crippen molar-refractivity contribution in [3.05, 3.63) is 188 Å². The van der Waals surface area contributed by atoms with E-state index in [9.17, 15) is 0 Å². The average molecular weight is 710 g/mol. The van der Waals surface area contributed by atoms with Crippen molar-refractivity contribution >= 4 is 60.7 Å². The molecule has 0 aliphatic carbocycles. The number of fused-ring (bicyclic) bond motifs is 7. The molecule has 0 nitrogen and oxygen atoms in total. The van der Waals surface area contributed by atoms with Crippen molar-refractivity contribution < 1.29 is 23.3 Å². The maximum Gasteiger partial charge on any atom is -0.171 e. The summed E-state index contributed by atoms with van der Waals surface area (Å²) in [6, 6.07) is 58.9. The molecule has 0 aliphatic rings. The van der Waals surface area contributed by atoms with Gasteiger partial charge in [0.1, 0.15) is 0 Å². The largest absolute Gasteiger partial charge is 0.184 e. The summed E-state index contributed by atoms with van der Waals surface area (Å²) >= 11 is 1.36. The van der Waals surface area contributed by atoms with Crippen LogP contribution in [0.4, 0.5) is 0 Å². The zero-order valence-electron chi connectivity index (χ0n) is 28.0. The summed E-state index contributed by atoms with van der Waals surface area (Å²) in [5, 5.41) is 13.4. The molecule has 48 heavy (non-hydrogen) atoms. The van der Waals surface area contributed by atoms with Crippen LogP contribution in [0.2, 0.25) is 0 Å². The first-order chi connectivity index (χ1) is 23.1. The van der Waals surface area contributed by atoms with Crippen LogP contribution >= 0.6 is 0 Å². The van der Waals surface area contributed by atoms with Crippen molar-refractivity contribution in [2.75, 3.05) is 0 Å². The van der Waals surface area contributed by atoms with Crippen molar-refractivity contribution in [3.63, 3.8) is 0 Å². The molecular weight excluding hydrogens is 672 g/mol.